The number of nitrogens with zero attached hydrogens (tertiary/aromatic N) is 1. The lowest BCUT2D eigenvalue weighted by Crippen LogP contribution is -2.48. The first-order valence-electron chi connectivity index (χ1n) is 7.59. The molecule has 1 unspecified atom stereocenters. The molecule has 0 aromatic carbocycles. The van der Waals surface area contributed by atoms with Gasteiger partial charge in [0.2, 0.25) is 5.91 Å². The first kappa shape index (κ1) is 14.4. The van der Waals surface area contributed by atoms with Crippen molar-refractivity contribution in [3.8, 4) is 0 Å². The fraction of sp³-hybridized carbons (Fsp3) is 0.867. The number of carbonyl (C=O) groups is 2. The number of carbonyl (C=O) groups excluding carboxylic acids is 2. The standard InChI is InChI=1S/C15H25NO3/c1-19-15(18)13-9-5-6-10-16(13)14(17)11-12-7-3-2-4-8-12/h12-13H,2-11H2,1H3. The zero-order valence-electron chi connectivity index (χ0n) is 11.9. The molecule has 1 heterocycles. The molecule has 0 spiro atoms. The summed E-state index contributed by atoms with van der Waals surface area (Å²) in [6, 6.07) is -0.338. The number of hydrogen-bond donors (Lipinski definition) is 0. The van der Waals surface area contributed by atoms with Gasteiger partial charge in [-0.1, -0.05) is 19.3 Å². The van der Waals surface area contributed by atoms with Crippen molar-refractivity contribution in [2.75, 3.05) is 13.7 Å². The highest BCUT2D eigenvalue weighted by atomic mass is 16.5. The number of amides is 1. The van der Waals surface area contributed by atoms with Gasteiger partial charge in [0.25, 0.3) is 0 Å². The number of likely N-dealkylation sites (tertiary alicyclic amines) is 1. The van der Waals surface area contributed by atoms with Gasteiger partial charge in [-0.3, -0.25) is 4.79 Å². The molecule has 1 aliphatic carbocycles. The van der Waals surface area contributed by atoms with Crippen LogP contribution in [-0.2, 0) is 14.3 Å². The van der Waals surface area contributed by atoms with Gasteiger partial charge in [-0.2, -0.15) is 0 Å². The zero-order chi connectivity index (χ0) is 13.7. The Bertz CT molecular complexity index is 323. The van der Waals surface area contributed by atoms with Gasteiger partial charge >= 0.3 is 5.97 Å². The van der Waals surface area contributed by atoms with E-state index in [1.54, 1.807) is 4.90 Å². The zero-order valence-corrected chi connectivity index (χ0v) is 11.9. The summed E-state index contributed by atoms with van der Waals surface area (Å²) >= 11 is 0. The summed E-state index contributed by atoms with van der Waals surface area (Å²) in [7, 11) is 1.40. The minimum atomic E-state index is -0.338. The van der Waals surface area contributed by atoms with Gasteiger partial charge in [-0.15, -0.1) is 0 Å². The number of ether oxygens (including phenoxy) is 1. The summed E-state index contributed by atoms with van der Waals surface area (Å²) in [5.41, 5.74) is 0. The molecule has 2 rings (SSSR count). The van der Waals surface area contributed by atoms with Gasteiger partial charge in [-0.05, 0) is 38.0 Å². The summed E-state index contributed by atoms with van der Waals surface area (Å²) < 4.78 is 4.83. The van der Waals surface area contributed by atoms with Crippen molar-refractivity contribution in [1.82, 2.24) is 4.90 Å². The van der Waals surface area contributed by atoms with Crippen LogP contribution in [0.15, 0.2) is 0 Å². The normalized spacial score (nSPS) is 25.1. The van der Waals surface area contributed by atoms with Gasteiger partial charge in [0.15, 0.2) is 0 Å². The third kappa shape index (κ3) is 3.71. The maximum Gasteiger partial charge on any atom is 0.328 e. The Morgan fingerprint density at radius 1 is 1.05 bits per heavy atom. The lowest BCUT2D eigenvalue weighted by molar-refractivity contribution is -0.155. The Labute approximate surface area is 115 Å². The molecule has 0 radical (unpaired) electrons. The highest BCUT2D eigenvalue weighted by Crippen LogP contribution is 2.28. The molecule has 1 saturated heterocycles. The van der Waals surface area contributed by atoms with Crippen molar-refractivity contribution in [2.45, 2.75) is 63.8 Å². The van der Waals surface area contributed by atoms with Crippen LogP contribution in [0.5, 0.6) is 0 Å². The van der Waals surface area contributed by atoms with Crippen LogP contribution in [0.1, 0.15) is 57.8 Å². The predicted molar refractivity (Wildman–Crippen MR) is 72.6 cm³/mol. The van der Waals surface area contributed by atoms with Gasteiger partial charge in [-0.25, -0.2) is 4.79 Å². The second kappa shape index (κ2) is 6.92. The molecule has 0 bridgehead atoms. The van der Waals surface area contributed by atoms with E-state index in [0.717, 1.165) is 19.3 Å². The molecule has 1 saturated carbocycles. The summed E-state index contributed by atoms with van der Waals surface area (Å²) in [5.74, 6) is 0.431. The van der Waals surface area contributed by atoms with Crippen LogP contribution in [0, 0.1) is 5.92 Å². The molecule has 1 aliphatic heterocycles. The molecule has 0 aromatic rings. The first-order valence-corrected chi connectivity index (χ1v) is 7.59. The average Bonchev–Trinajstić information content (AvgIpc) is 2.47. The number of rotatable bonds is 3. The topological polar surface area (TPSA) is 46.6 Å². The molecule has 1 atom stereocenters. The van der Waals surface area contributed by atoms with Crippen LogP contribution in [0.25, 0.3) is 0 Å². The van der Waals surface area contributed by atoms with Crippen LogP contribution in [0.3, 0.4) is 0 Å². The van der Waals surface area contributed by atoms with E-state index in [9.17, 15) is 9.59 Å². The van der Waals surface area contributed by atoms with Crippen LogP contribution in [-0.4, -0.2) is 36.5 Å². The first-order chi connectivity index (χ1) is 9.22. The lowest BCUT2D eigenvalue weighted by atomic mass is 9.86. The quantitative estimate of drug-likeness (QED) is 0.738. The Hall–Kier alpha value is -1.06. The smallest absolute Gasteiger partial charge is 0.328 e. The molecule has 19 heavy (non-hydrogen) atoms. The van der Waals surface area contributed by atoms with Crippen molar-refractivity contribution in [1.29, 1.82) is 0 Å². The third-order valence-electron chi connectivity index (χ3n) is 4.48. The maximum absolute atomic E-state index is 12.4. The van der Waals surface area contributed by atoms with Crippen LogP contribution >= 0.6 is 0 Å². The van der Waals surface area contributed by atoms with E-state index in [4.69, 9.17) is 4.74 Å². The van der Waals surface area contributed by atoms with Gasteiger partial charge in [0, 0.05) is 13.0 Å². The van der Waals surface area contributed by atoms with E-state index in [1.807, 2.05) is 0 Å². The van der Waals surface area contributed by atoms with E-state index in [1.165, 1.54) is 39.2 Å². The van der Waals surface area contributed by atoms with E-state index in [0.29, 0.717) is 18.9 Å². The summed E-state index contributed by atoms with van der Waals surface area (Å²) in [5, 5.41) is 0. The van der Waals surface area contributed by atoms with Crippen molar-refractivity contribution in [3.05, 3.63) is 0 Å². The summed E-state index contributed by atoms with van der Waals surface area (Å²) in [6.45, 7) is 0.714. The fourth-order valence-corrected chi connectivity index (χ4v) is 3.37. The summed E-state index contributed by atoms with van der Waals surface area (Å²) in [6.07, 6.45) is 9.52. The van der Waals surface area contributed by atoms with Crippen LogP contribution < -0.4 is 0 Å². The Kier molecular flexibility index (Phi) is 5.23. The second-order valence-electron chi connectivity index (χ2n) is 5.83. The average molecular weight is 267 g/mol. The van der Waals surface area contributed by atoms with Gasteiger partial charge in [0.1, 0.15) is 6.04 Å². The number of piperidine rings is 1. The molecule has 108 valence electrons. The highest BCUT2D eigenvalue weighted by molar-refractivity contribution is 5.84. The largest absolute Gasteiger partial charge is 0.467 e. The molecule has 0 N–H and O–H groups in total. The van der Waals surface area contributed by atoms with Crippen molar-refractivity contribution in [3.63, 3.8) is 0 Å². The minimum Gasteiger partial charge on any atom is -0.467 e. The van der Waals surface area contributed by atoms with Gasteiger partial charge in [0.05, 0.1) is 7.11 Å². The molecular formula is C15H25NO3. The molecule has 1 amide bonds. The van der Waals surface area contributed by atoms with Crippen molar-refractivity contribution < 1.29 is 14.3 Å². The Morgan fingerprint density at radius 2 is 1.74 bits per heavy atom. The van der Waals surface area contributed by atoms with Gasteiger partial charge < -0.3 is 9.64 Å². The molecule has 2 aliphatic rings. The second-order valence-corrected chi connectivity index (χ2v) is 5.83. The highest BCUT2D eigenvalue weighted by Gasteiger charge is 2.33. The minimum absolute atomic E-state index is 0.155. The van der Waals surface area contributed by atoms with Crippen LogP contribution in [0.2, 0.25) is 0 Å². The molecule has 2 fully saturated rings. The SMILES string of the molecule is COC(=O)C1CCCCN1C(=O)CC1CCCCC1. The predicted octanol–water partition coefficient (Wildman–Crippen LogP) is 2.51. The maximum atomic E-state index is 12.4. The molecule has 4 nitrogen and oxygen atoms in total. The Balaban J connectivity index is 1.92. The van der Waals surface area contributed by atoms with E-state index < -0.39 is 0 Å². The molecule has 4 heteroatoms. The third-order valence-corrected chi connectivity index (χ3v) is 4.48. The number of methoxy groups -OCH3 is 1. The van der Waals surface area contributed by atoms with E-state index in [2.05, 4.69) is 0 Å². The van der Waals surface area contributed by atoms with E-state index >= 15 is 0 Å². The molecular weight excluding hydrogens is 242 g/mol. The summed E-state index contributed by atoms with van der Waals surface area (Å²) in [4.78, 5) is 25.9. The van der Waals surface area contributed by atoms with Crippen LogP contribution in [0.4, 0.5) is 0 Å². The lowest BCUT2D eigenvalue weighted by Gasteiger charge is -2.35. The monoisotopic (exact) mass is 267 g/mol. The van der Waals surface area contributed by atoms with Crippen molar-refractivity contribution in [2.24, 2.45) is 5.92 Å². The number of esters is 1. The fourth-order valence-electron chi connectivity index (χ4n) is 3.37. The molecule has 0 aromatic heterocycles. The van der Waals surface area contributed by atoms with Crippen molar-refractivity contribution >= 4 is 11.9 Å². The van der Waals surface area contributed by atoms with E-state index in [-0.39, 0.29) is 17.9 Å². The number of hydrogen-bond acceptors (Lipinski definition) is 3. The Morgan fingerprint density at radius 3 is 2.42 bits per heavy atom.